The maximum Gasteiger partial charge on any atom is 0.128 e. The van der Waals surface area contributed by atoms with Crippen LogP contribution in [-0.4, -0.2) is 28.8 Å². The summed E-state index contributed by atoms with van der Waals surface area (Å²) in [7, 11) is 0. The van der Waals surface area contributed by atoms with Gasteiger partial charge in [-0.2, -0.15) is 0 Å². The van der Waals surface area contributed by atoms with Crippen LogP contribution in [0.5, 0.6) is 0 Å². The molecule has 0 aliphatic carbocycles. The van der Waals surface area contributed by atoms with Gasteiger partial charge in [-0.1, -0.05) is 31.9 Å². The molecule has 2 aromatic rings. The average Bonchev–Trinajstić information content (AvgIpc) is 3.36. The number of allylic oxidation sites excluding steroid dienone is 1. The molecule has 146 valence electrons. The molecule has 1 aliphatic heterocycles. The van der Waals surface area contributed by atoms with Crippen LogP contribution >= 0.6 is 11.3 Å². The highest BCUT2D eigenvalue weighted by Gasteiger charge is 2.17. The van der Waals surface area contributed by atoms with Crippen molar-refractivity contribution in [2.24, 2.45) is 0 Å². The molecule has 1 fully saturated rings. The van der Waals surface area contributed by atoms with E-state index in [1.54, 1.807) is 0 Å². The highest BCUT2D eigenvalue weighted by Crippen LogP contribution is 2.20. The summed E-state index contributed by atoms with van der Waals surface area (Å²) in [5, 5.41) is 10.3. The summed E-state index contributed by atoms with van der Waals surface area (Å²) >= 11 is 1.82. The van der Waals surface area contributed by atoms with Gasteiger partial charge >= 0.3 is 0 Å². The van der Waals surface area contributed by atoms with Gasteiger partial charge in [0, 0.05) is 41.3 Å². The second-order valence-corrected chi connectivity index (χ2v) is 8.03. The Labute approximate surface area is 168 Å². The van der Waals surface area contributed by atoms with Crippen molar-refractivity contribution < 1.29 is 0 Å². The van der Waals surface area contributed by atoms with Gasteiger partial charge < -0.3 is 4.90 Å². The number of likely N-dealkylation sites (tertiary alicyclic amines) is 1. The van der Waals surface area contributed by atoms with E-state index < -0.39 is 0 Å². The van der Waals surface area contributed by atoms with Crippen molar-refractivity contribution >= 4 is 23.2 Å². The molecule has 3 rings (SSSR count). The van der Waals surface area contributed by atoms with Gasteiger partial charge in [-0.3, -0.25) is 10.4 Å². The van der Waals surface area contributed by atoms with Crippen LogP contribution < -0.4 is 0 Å². The second-order valence-electron chi connectivity index (χ2n) is 7.03. The van der Waals surface area contributed by atoms with Crippen molar-refractivity contribution in [2.75, 3.05) is 13.1 Å². The summed E-state index contributed by atoms with van der Waals surface area (Å²) < 4.78 is 0. The lowest BCUT2D eigenvalue weighted by atomic mass is 10.1. The summed E-state index contributed by atoms with van der Waals surface area (Å²) in [4.78, 5) is 7.66. The van der Waals surface area contributed by atoms with Crippen LogP contribution in [0.2, 0.25) is 0 Å². The average molecular weight is 384 g/mol. The first-order valence-corrected chi connectivity index (χ1v) is 11.0. The summed E-state index contributed by atoms with van der Waals surface area (Å²) in [6, 6.07) is 4.23. The predicted molar refractivity (Wildman–Crippen MR) is 119 cm³/mol. The van der Waals surface area contributed by atoms with Crippen LogP contribution in [0.3, 0.4) is 0 Å². The largest absolute Gasteiger partial charge is 0.357 e. The number of amidine groups is 1. The van der Waals surface area contributed by atoms with E-state index >= 15 is 0 Å². The number of thiophene rings is 1. The van der Waals surface area contributed by atoms with E-state index in [4.69, 9.17) is 5.41 Å². The number of hydrogen-bond donors (Lipinski definition) is 1. The van der Waals surface area contributed by atoms with Gasteiger partial charge in [-0.05, 0) is 62.8 Å². The zero-order valence-electron chi connectivity index (χ0n) is 17.0. The van der Waals surface area contributed by atoms with Crippen LogP contribution in [0, 0.1) is 12.3 Å². The topological polar surface area (TPSA) is 40.0 Å². The number of nitrogens with zero attached hydrogens (tertiary/aromatic N) is 2. The Balaban J connectivity index is 0.000000223. The molecular formula is C23H33N3S. The summed E-state index contributed by atoms with van der Waals surface area (Å²) in [5.74, 6) is 0.737. The predicted octanol–water partition coefficient (Wildman–Crippen LogP) is 6.33. The molecule has 0 unspecified atom stereocenters. The van der Waals surface area contributed by atoms with E-state index in [2.05, 4.69) is 41.3 Å². The van der Waals surface area contributed by atoms with Crippen molar-refractivity contribution in [3.05, 3.63) is 57.6 Å². The summed E-state index contributed by atoms with van der Waals surface area (Å²) in [6.45, 7) is 8.46. The fourth-order valence-corrected chi connectivity index (χ4v) is 4.05. The van der Waals surface area contributed by atoms with E-state index in [1.165, 1.54) is 54.5 Å². The Morgan fingerprint density at radius 2 is 2.07 bits per heavy atom. The fraction of sp³-hybridized carbons (Fsp3) is 0.478. The van der Waals surface area contributed by atoms with E-state index in [0.717, 1.165) is 24.5 Å². The molecule has 27 heavy (non-hydrogen) atoms. The maximum absolute atomic E-state index is 8.19. The number of rotatable bonds is 6. The van der Waals surface area contributed by atoms with Crippen molar-refractivity contribution in [1.82, 2.24) is 9.88 Å². The first-order valence-electron chi connectivity index (χ1n) is 10.1. The molecule has 1 saturated heterocycles. The Morgan fingerprint density at radius 1 is 1.30 bits per heavy atom. The lowest BCUT2D eigenvalue weighted by molar-refractivity contribution is 0.517. The fourth-order valence-electron chi connectivity index (χ4n) is 3.14. The monoisotopic (exact) mass is 383 g/mol. The van der Waals surface area contributed by atoms with Crippen LogP contribution in [0.25, 0.3) is 6.08 Å². The molecule has 0 atom stereocenters. The smallest absolute Gasteiger partial charge is 0.128 e. The SMILES string of the molecule is C/C=C\c1cnccc1C.CCCCCc1cc(C(=N)N2CCCC2)cs1. The van der Waals surface area contributed by atoms with E-state index in [1.807, 2.05) is 42.8 Å². The number of hydrogen-bond acceptors (Lipinski definition) is 3. The third-order valence-electron chi connectivity index (χ3n) is 4.80. The van der Waals surface area contributed by atoms with E-state index in [-0.39, 0.29) is 0 Å². The van der Waals surface area contributed by atoms with Gasteiger partial charge in [0.2, 0.25) is 0 Å². The molecular weight excluding hydrogens is 350 g/mol. The van der Waals surface area contributed by atoms with Crippen LogP contribution in [0.1, 0.15) is 67.5 Å². The molecule has 3 heterocycles. The molecule has 0 radical (unpaired) electrons. The Bertz CT molecular complexity index is 727. The molecule has 3 nitrogen and oxygen atoms in total. The quantitative estimate of drug-likeness (QED) is 0.360. The lowest BCUT2D eigenvalue weighted by Crippen LogP contribution is -2.27. The number of nitrogens with one attached hydrogen (secondary N) is 1. The molecule has 4 heteroatoms. The molecule has 1 N–H and O–H groups in total. The van der Waals surface area contributed by atoms with Gasteiger partial charge in [-0.15, -0.1) is 11.3 Å². The number of unbranched alkanes of at least 4 members (excludes halogenated alkanes) is 2. The highest BCUT2D eigenvalue weighted by atomic mass is 32.1. The number of aryl methyl sites for hydroxylation is 2. The molecule has 0 spiro atoms. The highest BCUT2D eigenvalue weighted by molar-refractivity contribution is 7.10. The van der Waals surface area contributed by atoms with Crippen molar-refractivity contribution in [3.8, 4) is 0 Å². The minimum absolute atomic E-state index is 0.737. The van der Waals surface area contributed by atoms with Gasteiger partial charge in [0.05, 0.1) is 0 Å². The molecule has 0 bridgehead atoms. The second kappa shape index (κ2) is 11.7. The van der Waals surface area contributed by atoms with Crippen molar-refractivity contribution in [1.29, 1.82) is 5.41 Å². The third kappa shape index (κ3) is 6.94. The first kappa shape index (κ1) is 21.4. The van der Waals surface area contributed by atoms with Crippen molar-refractivity contribution in [3.63, 3.8) is 0 Å². The van der Waals surface area contributed by atoms with Gasteiger partial charge in [-0.25, -0.2) is 0 Å². The Kier molecular flexibility index (Phi) is 9.26. The minimum Gasteiger partial charge on any atom is -0.357 e. The zero-order chi connectivity index (χ0) is 19.5. The number of pyridine rings is 1. The molecule has 0 aromatic carbocycles. The summed E-state index contributed by atoms with van der Waals surface area (Å²) in [6.07, 6.45) is 15.3. The maximum atomic E-state index is 8.19. The Morgan fingerprint density at radius 3 is 2.74 bits per heavy atom. The number of aromatic nitrogens is 1. The lowest BCUT2D eigenvalue weighted by Gasteiger charge is -2.17. The van der Waals surface area contributed by atoms with Crippen LogP contribution in [0.15, 0.2) is 36.0 Å². The van der Waals surface area contributed by atoms with Crippen LogP contribution in [0.4, 0.5) is 0 Å². The Hall–Kier alpha value is -1.94. The third-order valence-corrected chi connectivity index (χ3v) is 5.80. The van der Waals surface area contributed by atoms with Crippen molar-refractivity contribution in [2.45, 2.75) is 59.3 Å². The molecule has 1 aliphatic rings. The standard InChI is InChI=1S/C14H22N2S.C9H11N/c1-2-3-4-7-13-10-12(11-17-13)14(15)16-8-5-6-9-16;1-3-4-9-7-10-6-5-8(9)2/h10-11,15H,2-9H2,1H3;3-7H,1-2H3/b;4-3-. The van der Waals surface area contributed by atoms with E-state index in [9.17, 15) is 0 Å². The minimum atomic E-state index is 0.737. The summed E-state index contributed by atoms with van der Waals surface area (Å²) in [5.41, 5.74) is 3.60. The normalized spacial score (nSPS) is 13.7. The van der Waals surface area contributed by atoms with Gasteiger partial charge in [0.1, 0.15) is 5.84 Å². The first-order chi connectivity index (χ1) is 13.2. The zero-order valence-corrected chi connectivity index (χ0v) is 17.8. The van der Waals surface area contributed by atoms with E-state index in [0.29, 0.717) is 0 Å². The molecule has 0 amide bonds. The molecule has 0 saturated carbocycles. The van der Waals surface area contributed by atoms with Crippen LogP contribution in [-0.2, 0) is 6.42 Å². The molecule has 2 aromatic heterocycles. The van der Waals surface area contributed by atoms with Gasteiger partial charge in [0.15, 0.2) is 0 Å². The van der Waals surface area contributed by atoms with Gasteiger partial charge in [0.25, 0.3) is 0 Å².